The van der Waals surface area contributed by atoms with Crippen molar-refractivity contribution >= 4 is 5.97 Å². The lowest BCUT2D eigenvalue weighted by Crippen LogP contribution is -2.08. The molecule has 1 heterocycles. The number of carboxylic acid groups (broad SMARTS) is 1. The molecule has 0 aliphatic rings. The molecule has 0 atom stereocenters. The van der Waals surface area contributed by atoms with Gasteiger partial charge in [0.05, 0.1) is 5.69 Å². The number of carboxylic acids is 1. The zero-order chi connectivity index (χ0) is 12.4. The topological polar surface area (TPSA) is 66.0 Å². The van der Waals surface area contributed by atoms with Gasteiger partial charge in [0.2, 0.25) is 0 Å². The Morgan fingerprint density at radius 2 is 2.12 bits per heavy atom. The van der Waals surface area contributed by atoms with Crippen LogP contribution < -0.4 is 0 Å². The SMILES string of the molecule is N#Cc1cccn1-c1cccc(F)c1C(=O)O. The molecule has 0 unspecified atom stereocenters. The zero-order valence-electron chi connectivity index (χ0n) is 8.59. The fraction of sp³-hybridized carbons (Fsp3) is 0. The van der Waals surface area contributed by atoms with Crippen molar-refractivity contribution in [2.45, 2.75) is 0 Å². The van der Waals surface area contributed by atoms with Gasteiger partial charge in [0.15, 0.2) is 0 Å². The molecular weight excluding hydrogens is 223 g/mol. The highest BCUT2D eigenvalue weighted by Crippen LogP contribution is 2.20. The molecule has 84 valence electrons. The average Bonchev–Trinajstić information content (AvgIpc) is 2.75. The third kappa shape index (κ3) is 1.76. The van der Waals surface area contributed by atoms with Crippen molar-refractivity contribution in [1.82, 2.24) is 4.57 Å². The molecule has 0 saturated heterocycles. The molecule has 0 aliphatic carbocycles. The maximum Gasteiger partial charge on any atom is 0.340 e. The summed E-state index contributed by atoms with van der Waals surface area (Å²) in [5.74, 6) is -2.19. The Labute approximate surface area is 96.2 Å². The Kier molecular flexibility index (Phi) is 2.63. The van der Waals surface area contributed by atoms with Gasteiger partial charge in [-0.05, 0) is 24.3 Å². The van der Waals surface area contributed by atoms with E-state index in [0.29, 0.717) is 0 Å². The normalized spacial score (nSPS) is 9.88. The van der Waals surface area contributed by atoms with E-state index in [1.165, 1.54) is 29.0 Å². The molecule has 0 aliphatic heterocycles. The number of nitrogens with zero attached hydrogens (tertiary/aromatic N) is 2. The van der Waals surface area contributed by atoms with Crippen LogP contribution in [0.1, 0.15) is 16.1 Å². The summed E-state index contributed by atoms with van der Waals surface area (Å²) in [7, 11) is 0. The minimum atomic E-state index is -1.37. The minimum absolute atomic E-state index is 0.138. The van der Waals surface area contributed by atoms with E-state index in [1.807, 2.05) is 6.07 Å². The third-order valence-corrected chi connectivity index (χ3v) is 2.33. The average molecular weight is 230 g/mol. The number of carbonyl (C=O) groups is 1. The van der Waals surface area contributed by atoms with Crippen molar-refractivity contribution in [3.63, 3.8) is 0 Å². The Morgan fingerprint density at radius 1 is 1.35 bits per heavy atom. The smallest absolute Gasteiger partial charge is 0.340 e. The van der Waals surface area contributed by atoms with E-state index < -0.39 is 17.3 Å². The van der Waals surface area contributed by atoms with Gasteiger partial charge in [-0.1, -0.05) is 6.07 Å². The molecule has 5 heteroatoms. The third-order valence-electron chi connectivity index (χ3n) is 2.33. The fourth-order valence-corrected chi connectivity index (χ4v) is 1.61. The summed E-state index contributed by atoms with van der Waals surface area (Å²) in [6, 6.07) is 8.95. The Balaban J connectivity index is 2.73. The van der Waals surface area contributed by atoms with Gasteiger partial charge >= 0.3 is 5.97 Å². The zero-order valence-corrected chi connectivity index (χ0v) is 8.59. The van der Waals surface area contributed by atoms with Crippen LogP contribution in [0.5, 0.6) is 0 Å². The second kappa shape index (κ2) is 4.10. The van der Waals surface area contributed by atoms with Crippen LogP contribution in [0.4, 0.5) is 4.39 Å². The van der Waals surface area contributed by atoms with Crippen molar-refractivity contribution in [1.29, 1.82) is 5.26 Å². The highest BCUT2D eigenvalue weighted by Gasteiger charge is 2.17. The predicted octanol–water partition coefficient (Wildman–Crippen LogP) is 2.19. The van der Waals surface area contributed by atoms with Gasteiger partial charge in [0, 0.05) is 6.20 Å². The summed E-state index contributed by atoms with van der Waals surface area (Å²) >= 11 is 0. The van der Waals surface area contributed by atoms with Crippen LogP contribution >= 0.6 is 0 Å². The second-order valence-electron chi connectivity index (χ2n) is 3.31. The first-order valence-corrected chi connectivity index (χ1v) is 4.75. The summed E-state index contributed by atoms with van der Waals surface area (Å²) in [4.78, 5) is 11.0. The molecule has 0 fully saturated rings. The molecule has 0 radical (unpaired) electrons. The van der Waals surface area contributed by atoms with Gasteiger partial charge in [-0.25, -0.2) is 9.18 Å². The molecule has 1 N–H and O–H groups in total. The van der Waals surface area contributed by atoms with Crippen LogP contribution in [-0.2, 0) is 0 Å². The summed E-state index contributed by atoms with van der Waals surface area (Å²) in [6.07, 6.45) is 1.51. The van der Waals surface area contributed by atoms with Gasteiger partial charge in [0.25, 0.3) is 0 Å². The number of aromatic nitrogens is 1. The van der Waals surface area contributed by atoms with Gasteiger partial charge < -0.3 is 9.67 Å². The largest absolute Gasteiger partial charge is 0.478 e. The van der Waals surface area contributed by atoms with Gasteiger partial charge in [-0.3, -0.25) is 0 Å². The second-order valence-corrected chi connectivity index (χ2v) is 3.31. The molecule has 1 aromatic heterocycles. The Morgan fingerprint density at radius 3 is 2.76 bits per heavy atom. The Hall–Kier alpha value is -2.61. The molecule has 1 aromatic carbocycles. The lowest BCUT2D eigenvalue weighted by Gasteiger charge is -2.09. The lowest BCUT2D eigenvalue weighted by molar-refractivity contribution is 0.0692. The van der Waals surface area contributed by atoms with Gasteiger partial charge in [-0.15, -0.1) is 0 Å². The van der Waals surface area contributed by atoms with Crippen LogP contribution in [0, 0.1) is 17.1 Å². The van der Waals surface area contributed by atoms with Crippen molar-refractivity contribution in [3.8, 4) is 11.8 Å². The number of aromatic carboxylic acids is 1. The lowest BCUT2D eigenvalue weighted by atomic mass is 10.1. The van der Waals surface area contributed by atoms with E-state index in [9.17, 15) is 9.18 Å². The number of benzene rings is 1. The maximum absolute atomic E-state index is 13.5. The van der Waals surface area contributed by atoms with E-state index in [4.69, 9.17) is 10.4 Å². The van der Waals surface area contributed by atoms with Crippen LogP contribution in [-0.4, -0.2) is 15.6 Å². The number of halogens is 1. The predicted molar refractivity (Wildman–Crippen MR) is 57.4 cm³/mol. The van der Waals surface area contributed by atoms with Crippen LogP contribution in [0.2, 0.25) is 0 Å². The molecule has 0 spiro atoms. The molecule has 0 saturated carbocycles. The quantitative estimate of drug-likeness (QED) is 0.859. The van der Waals surface area contributed by atoms with Gasteiger partial charge in [0.1, 0.15) is 23.1 Å². The first kappa shape index (κ1) is 10.9. The van der Waals surface area contributed by atoms with Crippen molar-refractivity contribution in [2.24, 2.45) is 0 Å². The van der Waals surface area contributed by atoms with Crippen molar-refractivity contribution < 1.29 is 14.3 Å². The first-order valence-electron chi connectivity index (χ1n) is 4.75. The summed E-state index contributed by atoms with van der Waals surface area (Å²) < 4.78 is 14.8. The van der Waals surface area contributed by atoms with Crippen molar-refractivity contribution in [3.05, 3.63) is 53.6 Å². The van der Waals surface area contributed by atoms with Crippen molar-refractivity contribution in [2.75, 3.05) is 0 Å². The molecule has 0 amide bonds. The van der Waals surface area contributed by atoms with E-state index in [-0.39, 0.29) is 11.4 Å². The number of hydrogen-bond acceptors (Lipinski definition) is 2. The molecular formula is C12H7FN2O2. The minimum Gasteiger partial charge on any atom is -0.478 e. The summed E-state index contributed by atoms with van der Waals surface area (Å²) in [5, 5.41) is 17.8. The van der Waals surface area contributed by atoms with Crippen LogP contribution in [0.15, 0.2) is 36.5 Å². The standard InChI is InChI=1S/C12H7FN2O2/c13-9-4-1-5-10(11(9)12(16)17)15-6-2-3-8(15)7-14/h1-6H,(H,16,17). The molecule has 17 heavy (non-hydrogen) atoms. The number of hydrogen-bond donors (Lipinski definition) is 1. The maximum atomic E-state index is 13.5. The van der Waals surface area contributed by atoms with E-state index >= 15 is 0 Å². The molecule has 4 nitrogen and oxygen atoms in total. The Bertz CT molecular complexity index is 626. The highest BCUT2D eigenvalue weighted by molar-refractivity contribution is 5.92. The fourth-order valence-electron chi connectivity index (χ4n) is 1.61. The van der Waals surface area contributed by atoms with E-state index in [2.05, 4.69) is 0 Å². The van der Waals surface area contributed by atoms with Gasteiger partial charge in [-0.2, -0.15) is 5.26 Å². The van der Waals surface area contributed by atoms with Crippen LogP contribution in [0.3, 0.4) is 0 Å². The molecule has 0 bridgehead atoms. The number of rotatable bonds is 2. The first-order chi connectivity index (χ1) is 8.15. The van der Waals surface area contributed by atoms with E-state index in [1.54, 1.807) is 6.07 Å². The van der Waals surface area contributed by atoms with E-state index in [0.717, 1.165) is 6.07 Å². The molecule has 2 rings (SSSR count). The monoisotopic (exact) mass is 230 g/mol. The summed E-state index contributed by atoms with van der Waals surface area (Å²) in [5.41, 5.74) is -0.0580. The van der Waals surface area contributed by atoms with Crippen LogP contribution in [0.25, 0.3) is 5.69 Å². The number of nitriles is 1. The molecule has 2 aromatic rings. The highest BCUT2D eigenvalue weighted by atomic mass is 19.1. The summed E-state index contributed by atoms with van der Waals surface area (Å²) in [6.45, 7) is 0.